The van der Waals surface area contributed by atoms with Crippen molar-refractivity contribution in [3.8, 4) is 11.1 Å². The number of rotatable bonds is 2. The molecule has 1 heteroatoms. The summed E-state index contributed by atoms with van der Waals surface area (Å²) in [7, 11) is 0. The van der Waals surface area contributed by atoms with Gasteiger partial charge in [0.1, 0.15) is 0 Å². The van der Waals surface area contributed by atoms with E-state index in [-0.39, 0.29) is 6.61 Å². The van der Waals surface area contributed by atoms with Crippen molar-refractivity contribution in [1.82, 2.24) is 0 Å². The van der Waals surface area contributed by atoms with Crippen molar-refractivity contribution in [1.29, 1.82) is 0 Å². The Balaban J connectivity index is 2.08. The lowest BCUT2D eigenvalue weighted by Crippen LogP contribution is -2.04. The van der Waals surface area contributed by atoms with E-state index in [1.54, 1.807) is 0 Å². The lowest BCUT2D eigenvalue weighted by atomic mass is 9.84. The van der Waals surface area contributed by atoms with Gasteiger partial charge in [0.25, 0.3) is 0 Å². The third kappa shape index (κ3) is 1.87. The maximum Gasteiger partial charge on any atom is 0.0471 e. The van der Waals surface area contributed by atoms with Crippen molar-refractivity contribution in [2.45, 2.75) is 19.3 Å². The van der Waals surface area contributed by atoms with E-state index in [1.165, 1.54) is 27.8 Å². The van der Waals surface area contributed by atoms with Gasteiger partial charge in [-0.25, -0.2) is 0 Å². The van der Waals surface area contributed by atoms with Gasteiger partial charge in [0.05, 0.1) is 0 Å². The zero-order chi connectivity index (χ0) is 11.7. The van der Waals surface area contributed by atoms with E-state index in [0.717, 1.165) is 19.3 Å². The smallest absolute Gasteiger partial charge is 0.0471 e. The molecule has 3 rings (SSSR count). The monoisotopic (exact) mass is 224 g/mol. The molecule has 2 aromatic carbocycles. The Morgan fingerprint density at radius 2 is 1.65 bits per heavy atom. The Kier molecular flexibility index (Phi) is 2.69. The lowest BCUT2D eigenvalue weighted by Gasteiger charge is -2.20. The molecule has 17 heavy (non-hydrogen) atoms. The molecule has 1 N–H and O–H groups in total. The summed E-state index contributed by atoms with van der Waals surface area (Å²) in [6.07, 6.45) is 3.01. The van der Waals surface area contributed by atoms with Gasteiger partial charge in [-0.15, -0.1) is 0 Å². The first-order valence-electron chi connectivity index (χ1n) is 6.19. The van der Waals surface area contributed by atoms with Crippen LogP contribution in [-0.2, 0) is 19.3 Å². The summed E-state index contributed by atoms with van der Waals surface area (Å²) in [5.41, 5.74) is 6.87. The molecule has 1 aliphatic rings. The summed E-state index contributed by atoms with van der Waals surface area (Å²) in [5.74, 6) is 0. The van der Waals surface area contributed by atoms with Crippen LogP contribution < -0.4 is 0 Å². The maximum absolute atomic E-state index is 8.98. The summed E-state index contributed by atoms with van der Waals surface area (Å²) in [4.78, 5) is 0. The van der Waals surface area contributed by atoms with Gasteiger partial charge in [-0.3, -0.25) is 0 Å². The summed E-state index contributed by atoms with van der Waals surface area (Å²) in [6.45, 7) is 0.232. The highest BCUT2D eigenvalue weighted by Gasteiger charge is 2.15. The van der Waals surface area contributed by atoms with E-state index in [2.05, 4.69) is 42.5 Å². The average molecular weight is 224 g/mol. The highest BCUT2D eigenvalue weighted by Crippen LogP contribution is 2.33. The van der Waals surface area contributed by atoms with Gasteiger partial charge in [0.2, 0.25) is 0 Å². The zero-order valence-electron chi connectivity index (χ0n) is 9.82. The third-order valence-corrected chi connectivity index (χ3v) is 3.54. The first-order chi connectivity index (χ1) is 8.38. The van der Waals surface area contributed by atoms with Gasteiger partial charge in [0.15, 0.2) is 0 Å². The number of hydrogen-bond donors (Lipinski definition) is 1. The molecule has 0 amide bonds. The largest absolute Gasteiger partial charge is 0.396 e. The van der Waals surface area contributed by atoms with E-state index in [0.29, 0.717) is 0 Å². The summed E-state index contributed by atoms with van der Waals surface area (Å²) < 4.78 is 0. The lowest BCUT2D eigenvalue weighted by molar-refractivity contribution is 0.299. The van der Waals surface area contributed by atoms with Crippen LogP contribution in [0.2, 0.25) is 0 Å². The Bertz CT molecular complexity index is 543. The van der Waals surface area contributed by atoms with Crippen LogP contribution in [0.5, 0.6) is 0 Å². The fourth-order valence-corrected chi connectivity index (χ4v) is 2.67. The van der Waals surface area contributed by atoms with Gasteiger partial charge >= 0.3 is 0 Å². The van der Waals surface area contributed by atoms with Crippen LogP contribution in [0, 0.1) is 0 Å². The van der Waals surface area contributed by atoms with Gasteiger partial charge in [0, 0.05) is 6.61 Å². The predicted octanol–water partition coefficient (Wildman–Crippen LogP) is 2.99. The molecule has 0 unspecified atom stereocenters. The Morgan fingerprint density at radius 3 is 2.53 bits per heavy atom. The molecule has 0 aliphatic heterocycles. The second-order valence-corrected chi connectivity index (χ2v) is 4.62. The number of aryl methyl sites for hydroxylation is 2. The topological polar surface area (TPSA) is 20.2 Å². The zero-order valence-corrected chi connectivity index (χ0v) is 9.82. The van der Waals surface area contributed by atoms with Crippen molar-refractivity contribution < 1.29 is 5.11 Å². The minimum Gasteiger partial charge on any atom is -0.396 e. The van der Waals surface area contributed by atoms with E-state index in [9.17, 15) is 0 Å². The van der Waals surface area contributed by atoms with E-state index in [1.807, 2.05) is 0 Å². The van der Waals surface area contributed by atoms with Gasteiger partial charge < -0.3 is 5.11 Å². The van der Waals surface area contributed by atoms with E-state index in [4.69, 9.17) is 5.11 Å². The van der Waals surface area contributed by atoms with Crippen LogP contribution in [0.1, 0.15) is 16.7 Å². The molecule has 0 spiro atoms. The van der Waals surface area contributed by atoms with Crippen molar-refractivity contribution in [3.63, 3.8) is 0 Å². The quantitative estimate of drug-likeness (QED) is 0.831. The Morgan fingerprint density at radius 1 is 0.882 bits per heavy atom. The third-order valence-electron chi connectivity index (χ3n) is 3.54. The molecule has 0 aromatic heterocycles. The fourth-order valence-electron chi connectivity index (χ4n) is 2.67. The number of aliphatic hydroxyl groups excluding tert-OH is 1. The first kappa shape index (κ1) is 10.5. The molecule has 0 radical (unpaired) electrons. The molecule has 0 atom stereocenters. The normalized spacial score (nSPS) is 13.0. The molecular formula is C16H16O. The van der Waals surface area contributed by atoms with Crippen molar-refractivity contribution in [2.24, 2.45) is 0 Å². The minimum absolute atomic E-state index is 0.232. The second kappa shape index (κ2) is 4.34. The summed E-state index contributed by atoms with van der Waals surface area (Å²) >= 11 is 0. The highest BCUT2D eigenvalue weighted by molar-refractivity contribution is 5.73. The molecule has 0 saturated heterocycles. The number of aliphatic hydroxyl groups is 1. The van der Waals surface area contributed by atoms with Crippen molar-refractivity contribution >= 4 is 0 Å². The number of fused-ring (bicyclic) bond motifs is 3. The SMILES string of the molecule is OCCc1ccc2c(c1)CCc1ccccc1-2. The molecule has 0 fully saturated rings. The molecule has 2 aromatic rings. The van der Waals surface area contributed by atoms with Crippen LogP contribution in [0.25, 0.3) is 11.1 Å². The van der Waals surface area contributed by atoms with Crippen LogP contribution in [0.15, 0.2) is 42.5 Å². The Labute approximate surface area is 102 Å². The first-order valence-corrected chi connectivity index (χ1v) is 6.19. The molecule has 1 aliphatic carbocycles. The predicted molar refractivity (Wildman–Crippen MR) is 70.1 cm³/mol. The molecule has 1 nitrogen and oxygen atoms in total. The van der Waals surface area contributed by atoms with E-state index < -0.39 is 0 Å². The molecule has 86 valence electrons. The molecule has 0 bridgehead atoms. The number of hydrogen-bond acceptors (Lipinski definition) is 1. The second-order valence-electron chi connectivity index (χ2n) is 4.62. The molecule has 0 heterocycles. The summed E-state index contributed by atoms with van der Waals surface area (Å²) in [6, 6.07) is 15.2. The maximum atomic E-state index is 8.98. The van der Waals surface area contributed by atoms with Crippen LogP contribution in [-0.4, -0.2) is 11.7 Å². The van der Waals surface area contributed by atoms with Gasteiger partial charge in [-0.05, 0) is 47.1 Å². The van der Waals surface area contributed by atoms with Crippen molar-refractivity contribution in [2.75, 3.05) is 6.61 Å². The van der Waals surface area contributed by atoms with Crippen LogP contribution in [0.4, 0.5) is 0 Å². The summed E-state index contributed by atoms with van der Waals surface area (Å²) in [5, 5.41) is 8.98. The van der Waals surface area contributed by atoms with Gasteiger partial charge in [-0.2, -0.15) is 0 Å². The van der Waals surface area contributed by atoms with Crippen LogP contribution in [0.3, 0.4) is 0 Å². The average Bonchev–Trinajstić information content (AvgIpc) is 2.39. The Hall–Kier alpha value is -1.60. The number of benzene rings is 2. The fraction of sp³-hybridized carbons (Fsp3) is 0.250. The van der Waals surface area contributed by atoms with Crippen LogP contribution >= 0.6 is 0 Å². The molecule has 0 saturated carbocycles. The standard InChI is InChI=1S/C16H16O/c17-10-9-12-5-8-16-14(11-12)7-6-13-3-1-2-4-15(13)16/h1-5,8,11,17H,6-7,9-10H2. The van der Waals surface area contributed by atoms with E-state index >= 15 is 0 Å². The van der Waals surface area contributed by atoms with Gasteiger partial charge in [-0.1, -0.05) is 42.5 Å². The highest BCUT2D eigenvalue weighted by atomic mass is 16.2. The van der Waals surface area contributed by atoms with Crippen molar-refractivity contribution in [3.05, 3.63) is 59.2 Å². The minimum atomic E-state index is 0.232. The molecular weight excluding hydrogens is 208 g/mol.